The largest absolute Gasteiger partial charge is 0.376 e. The molecule has 0 saturated carbocycles. The maximum atomic E-state index is 12.6. The smallest absolute Gasteiger partial charge is 0.251 e. The van der Waals surface area contributed by atoms with Crippen molar-refractivity contribution in [3.63, 3.8) is 0 Å². The van der Waals surface area contributed by atoms with Gasteiger partial charge in [0.05, 0.1) is 12.7 Å². The van der Waals surface area contributed by atoms with Crippen LogP contribution in [0.15, 0.2) is 0 Å². The van der Waals surface area contributed by atoms with E-state index in [1.807, 2.05) is 11.8 Å². The third-order valence-electron chi connectivity index (χ3n) is 5.30. The lowest BCUT2D eigenvalue weighted by molar-refractivity contribution is -0.145. The molecule has 3 heterocycles. The number of ether oxygens (including phenoxy) is 2. The van der Waals surface area contributed by atoms with Crippen LogP contribution < -0.4 is 5.32 Å². The van der Waals surface area contributed by atoms with Gasteiger partial charge in [-0.3, -0.25) is 9.69 Å². The molecule has 3 aliphatic rings. The Kier molecular flexibility index (Phi) is 6.28. The Morgan fingerprint density at radius 1 is 1.26 bits per heavy atom. The standard InChI is InChI=1S/C17H31N3O3/c1-14(23-13-16-4-2-3-11-22-16)17(21)20-8-5-15(12-20)19-9-6-18-7-10-19/h14-16,18H,2-13H2,1H3. The number of nitrogens with one attached hydrogen (secondary N) is 1. The zero-order chi connectivity index (χ0) is 16.1. The molecule has 3 aliphatic heterocycles. The first-order valence-corrected chi connectivity index (χ1v) is 9.21. The van der Waals surface area contributed by atoms with Gasteiger partial charge in [0.1, 0.15) is 6.10 Å². The summed E-state index contributed by atoms with van der Waals surface area (Å²) in [6.45, 7) is 9.28. The fourth-order valence-electron chi connectivity index (χ4n) is 3.81. The predicted molar refractivity (Wildman–Crippen MR) is 88.4 cm³/mol. The Bertz CT molecular complexity index is 381. The topological polar surface area (TPSA) is 54.0 Å². The number of nitrogens with zero attached hydrogens (tertiary/aromatic N) is 2. The van der Waals surface area contributed by atoms with E-state index in [-0.39, 0.29) is 18.1 Å². The Morgan fingerprint density at radius 3 is 2.83 bits per heavy atom. The molecule has 0 aliphatic carbocycles. The molecule has 6 heteroatoms. The van der Waals surface area contributed by atoms with Crippen LogP contribution in [0, 0.1) is 0 Å². The molecule has 23 heavy (non-hydrogen) atoms. The van der Waals surface area contributed by atoms with Crippen molar-refractivity contribution in [1.29, 1.82) is 0 Å². The molecule has 0 bridgehead atoms. The molecular formula is C17H31N3O3. The Balaban J connectivity index is 1.40. The Labute approximate surface area is 139 Å². The van der Waals surface area contributed by atoms with Crippen LogP contribution in [0.5, 0.6) is 0 Å². The minimum absolute atomic E-state index is 0.137. The van der Waals surface area contributed by atoms with Crippen LogP contribution in [-0.2, 0) is 14.3 Å². The summed E-state index contributed by atoms with van der Waals surface area (Å²) < 4.78 is 11.5. The molecule has 0 radical (unpaired) electrons. The van der Waals surface area contributed by atoms with E-state index in [9.17, 15) is 4.79 Å². The number of rotatable bonds is 5. The average Bonchev–Trinajstić information content (AvgIpc) is 3.11. The number of likely N-dealkylation sites (tertiary alicyclic amines) is 1. The highest BCUT2D eigenvalue weighted by molar-refractivity contribution is 5.80. The summed E-state index contributed by atoms with van der Waals surface area (Å²) in [5.74, 6) is 0.137. The average molecular weight is 325 g/mol. The van der Waals surface area contributed by atoms with Crippen LogP contribution in [0.2, 0.25) is 0 Å². The molecular weight excluding hydrogens is 294 g/mol. The van der Waals surface area contributed by atoms with Crippen molar-refractivity contribution in [3.8, 4) is 0 Å². The first-order valence-electron chi connectivity index (χ1n) is 9.21. The first-order chi connectivity index (χ1) is 11.2. The van der Waals surface area contributed by atoms with Gasteiger partial charge in [-0.05, 0) is 32.6 Å². The van der Waals surface area contributed by atoms with Crippen molar-refractivity contribution in [2.75, 3.05) is 52.5 Å². The first kappa shape index (κ1) is 17.1. The van der Waals surface area contributed by atoms with Gasteiger partial charge in [0.25, 0.3) is 5.91 Å². The van der Waals surface area contributed by atoms with Gasteiger partial charge >= 0.3 is 0 Å². The molecule has 132 valence electrons. The van der Waals surface area contributed by atoms with E-state index in [1.54, 1.807) is 0 Å². The van der Waals surface area contributed by atoms with Gasteiger partial charge in [-0.25, -0.2) is 0 Å². The molecule has 3 rings (SSSR count). The van der Waals surface area contributed by atoms with Gasteiger partial charge in [0.2, 0.25) is 0 Å². The van der Waals surface area contributed by atoms with Crippen molar-refractivity contribution < 1.29 is 14.3 Å². The number of hydrogen-bond acceptors (Lipinski definition) is 5. The molecule has 1 N–H and O–H groups in total. The van der Waals surface area contributed by atoms with Crippen molar-refractivity contribution >= 4 is 5.91 Å². The molecule has 6 nitrogen and oxygen atoms in total. The predicted octanol–water partition coefficient (Wildman–Crippen LogP) is 0.467. The second-order valence-corrected chi connectivity index (χ2v) is 6.98. The molecule has 0 aromatic carbocycles. The zero-order valence-corrected chi connectivity index (χ0v) is 14.3. The van der Waals surface area contributed by atoms with Crippen LogP contribution in [0.3, 0.4) is 0 Å². The fourth-order valence-corrected chi connectivity index (χ4v) is 3.81. The second-order valence-electron chi connectivity index (χ2n) is 6.98. The van der Waals surface area contributed by atoms with E-state index in [0.29, 0.717) is 12.6 Å². The highest BCUT2D eigenvalue weighted by Gasteiger charge is 2.33. The van der Waals surface area contributed by atoms with E-state index in [2.05, 4.69) is 10.2 Å². The lowest BCUT2D eigenvalue weighted by Crippen LogP contribution is -2.49. The Hall–Kier alpha value is -0.690. The Morgan fingerprint density at radius 2 is 2.09 bits per heavy atom. The summed E-state index contributed by atoms with van der Waals surface area (Å²) >= 11 is 0. The molecule has 1 amide bonds. The maximum absolute atomic E-state index is 12.6. The van der Waals surface area contributed by atoms with Gasteiger partial charge in [-0.1, -0.05) is 0 Å². The summed E-state index contributed by atoms with van der Waals surface area (Å²) in [7, 11) is 0. The third-order valence-corrected chi connectivity index (χ3v) is 5.30. The monoisotopic (exact) mass is 325 g/mol. The zero-order valence-electron chi connectivity index (χ0n) is 14.3. The highest BCUT2D eigenvalue weighted by Crippen LogP contribution is 2.18. The lowest BCUT2D eigenvalue weighted by Gasteiger charge is -2.32. The SMILES string of the molecule is CC(OCC1CCCCO1)C(=O)N1CCC(N2CCNCC2)C1. The molecule has 0 spiro atoms. The van der Waals surface area contributed by atoms with Gasteiger partial charge in [0.15, 0.2) is 0 Å². The molecule has 0 aromatic rings. The number of hydrogen-bond donors (Lipinski definition) is 1. The number of piperazine rings is 1. The maximum Gasteiger partial charge on any atom is 0.251 e. The van der Waals surface area contributed by atoms with Crippen molar-refractivity contribution in [1.82, 2.24) is 15.1 Å². The van der Waals surface area contributed by atoms with Gasteiger partial charge < -0.3 is 19.7 Å². The van der Waals surface area contributed by atoms with Crippen molar-refractivity contribution in [2.45, 2.75) is 50.9 Å². The van der Waals surface area contributed by atoms with Crippen LogP contribution in [0.1, 0.15) is 32.6 Å². The molecule has 0 aromatic heterocycles. The van der Waals surface area contributed by atoms with Crippen molar-refractivity contribution in [2.24, 2.45) is 0 Å². The molecule has 3 unspecified atom stereocenters. The van der Waals surface area contributed by atoms with E-state index >= 15 is 0 Å². The number of carbonyl (C=O) groups is 1. The van der Waals surface area contributed by atoms with Gasteiger partial charge in [-0.2, -0.15) is 0 Å². The molecule has 3 saturated heterocycles. The lowest BCUT2D eigenvalue weighted by atomic mass is 10.1. The second kappa shape index (κ2) is 8.42. The number of amides is 1. The van der Waals surface area contributed by atoms with Crippen LogP contribution >= 0.6 is 0 Å². The van der Waals surface area contributed by atoms with Crippen LogP contribution in [0.4, 0.5) is 0 Å². The molecule has 3 fully saturated rings. The van der Waals surface area contributed by atoms with Gasteiger partial charge in [0, 0.05) is 51.9 Å². The summed E-state index contributed by atoms with van der Waals surface area (Å²) in [5, 5.41) is 3.38. The highest BCUT2D eigenvalue weighted by atomic mass is 16.5. The van der Waals surface area contributed by atoms with Crippen molar-refractivity contribution in [3.05, 3.63) is 0 Å². The van der Waals surface area contributed by atoms with Gasteiger partial charge in [-0.15, -0.1) is 0 Å². The van der Waals surface area contributed by atoms with E-state index in [1.165, 1.54) is 6.42 Å². The normalized spacial score (nSPS) is 31.3. The third kappa shape index (κ3) is 4.66. The van der Waals surface area contributed by atoms with E-state index < -0.39 is 0 Å². The van der Waals surface area contributed by atoms with Crippen LogP contribution in [-0.4, -0.2) is 86.4 Å². The van der Waals surface area contributed by atoms with E-state index in [0.717, 1.165) is 65.1 Å². The summed E-state index contributed by atoms with van der Waals surface area (Å²) in [5.41, 5.74) is 0. The number of carbonyl (C=O) groups excluding carboxylic acids is 1. The molecule has 3 atom stereocenters. The summed E-state index contributed by atoms with van der Waals surface area (Å²) in [6.07, 6.45) is 4.30. The van der Waals surface area contributed by atoms with E-state index in [4.69, 9.17) is 9.47 Å². The summed E-state index contributed by atoms with van der Waals surface area (Å²) in [4.78, 5) is 17.1. The quantitative estimate of drug-likeness (QED) is 0.796. The summed E-state index contributed by atoms with van der Waals surface area (Å²) in [6, 6.07) is 0.523. The fraction of sp³-hybridized carbons (Fsp3) is 0.941. The minimum atomic E-state index is -0.359. The minimum Gasteiger partial charge on any atom is -0.376 e. The van der Waals surface area contributed by atoms with Crippen LogP contribution in [0.25, 0.3) is 0 Å².